The molecule has 0 aromatic carbocycles. The number of nitrogens with one attached hydrogen (secondary N) is 1. The van der Waals surface area contributed by atoms with Gasteiger partial charge in [-0.25, -0.2) is 4.98 Å². The van der Waals surface area contributed by atoms with E-state index in [0.717, 1.165) is 34.5 Å². The first-order chi connectivity index (χ1) is 9.04. The smallest absolute Gasteiger partial charge is 0.222 e. The molecule has 0 bridgehead atoms. The second kappa shape index (κ2) is 5.92. The highest BCUT2D eigenvalue weighted by molar-refractivity contribution is 7.11. The zero-order chi connectivity index (χ0) is 13.8. The minimum Gasteiger partial charge on any atom is -0.369 e. The molecular weight excluding hydrogens is 260 g/mol. The summed E-state index contributed by atoms with van der Waals surface area (Å²) in [6.45, 7) is 6.86. The molecule has 2 aromatic rings. The molecule has 0 aliphatic carbocycles. The first-order valence-corrected chi connectivity index (χ1v) is 7.03. The molecule has 0 spiro atoms. The average Bonchev–Trinajstić information content (AvgIpc) is 2.74. The maximum atomic E-state index is 5.70. The first-order valence-electron chi connectivity index (χ1n) is 6.22. The highest BCUT2D eigenvalue weighted by atomic mass is 32.1. The Labute approximate surface area is 116 Å². The number of aromatic nitrogens is 4. The number of hydrogen-bond acceptors (Lipinski definition) is 7. The lowest BCUT2D eigenvalue weighted by Crippen LogP contribution is -2.09. The minimum absolute atomic E-state index is 0.306. The van der Waals surface area contributed by atoms with Crippen LogP contribution in [0.4, 0.5) is 11.8 Å². The largest absolute Gasteiger partial charge is 0.369 e. The summed E-state index contributed by atoms with van der Waals surface area (Å²) in [6, 6.07) is 1.94. The molecule has 2 aromatic heterocycles. The van der Waals surface area contributed by atoms with E-state index in [0.29, 0.717) is 11.9 Å². The molecule has 2 heterocycles. The van der Waals surface area contributed by atoms with Crippen LogP contribution in [0.2, 0.25) is 0 Å². The Hall–Kier alpha value is -1.76. The first kappa shape index (κ1) is 13.7. The molecule has 0 saturated heterocycles. The van der Waals surface area contributed by atoms with E-state index in [-0.39, 0.29) is 0 Å². The van der Waals surface area contributed by atoms with E-state index < -0.39 is 0 Å². The lowest BCUT2D eigenvalue weighted by Gasteiger charge is -2.09. The van der Waals surface area contributed by atoms with E-state index in [2.05, 4.69) is 39.3 Å². The highest BCUT2D eigenvalue weighted by Crippen LogP contribution is 2.16. The van der Waals surface area contributed by atoms with Gasteiger partial charge in [0.2, 0.25) is 5.95 Å². The van der Waals surface area contributed by atoms with Gasteiger partial charge in [0.1, 0.15) is 15.8 Å². The second-order valence-electron chi connectivity index (χ2n) is 4.58. The molecule has 0 unspecified atom stereocenters. The molecular formula is C12H18N6S. The van der Waals surface area contributed by atoms with Gasteiger partial charge in [-0.1, -0.05) is 13.8 Å². The summed E-state index contributed by atoms with van der Waals surface area (Å²) >= 11 is 1.61. The predicted molar refractivity (Wildman–Crippen MR) is 77.4 cm³/mol. The molecule has 2 rings (SSSR count). The van der Waals surface area contributed by atoms with Crippen LogP contribution in [0.15, 0.2) is 6.07 Å². The van der Waals surface area contributed by atoms with E-state index in [1.807, 2.05) is 13.0 Å². The molecule has 0 aliphatic heterocycles. The molecule has 0 amide bonds. The number of rotatable bonds is 5. The minimum atomic E-state index is 0.306. The molecule has 0 aliphatic rings. The van der Waals surface area contributed by atoms with Crippen LogP contribution in [-0.2, 0) is 6.42 Å². The topological polar surface area (TPSA) is 89.6 Å². The van der Waals surface area contributed by atoms with E-state index >= 15 is 0 Å². The summed E-state index contributed by atoms with van der Waals surface area (Å²) < 4.78 is 0. The van der Waals surface area contributed by atoms with E-state index in [1.54, 1.807) is 11.3 Å². The van der Waals surface area contributed by atoms with Crippen molar-refractivity contribution in [1.82, 2.24) is 20.2 Å². The fraction of sp³-hybridized carbons (Fsp3) is 0.500. The number of aryl methyl sites for hydroxylation is 1. The number of hydrogen-bond donors (Lipinski definition) is 2. The summed E-state index contributed by atoms with van der Waals surface area (Å²) in [4.78, 5) is 8.38. The van der Waals surface area contributed by atoms with E-state index in [9.17, 15) is 0 Å². The summed E-state index contributed by atoms with van der Waals surface area (Å²) in [6.07, 6.45) is 0.826. The normalized spacial score (nSPS) is 10.9. The van der Waals surface area contributed by atoms with Crippen LogP contribution < -0.4 is 11.1 Å². The van der Waals surface area contributed by atoms with E-state index in [4.69, 9.17) is 5.73 Å². The zero-order valence-electron chi connectivity index (χ0n) is 11.3. The van der Waals surface area contributed by atoms with Gasteiger partial charge in [0.15, 0.2) is 0 Å². The fourth-order valence-corrected chi connectivity index (χ4v) is 2.32. The molecule has 0 atom stereocenters. The Kier molecular flexibility index (Phi) is 4.26. The molecule has 0 saturated carbocycles. The molecule has 6 nitrogen and oxygen atoms in total. The van der Waals surface area contributed by atoms with Crippen LogP contribution in [0, 0.1) is 6.92 Å². The van der Waals surface area contributed by atoms with Crippen LogP contribution in [0.3, 0.4) is 0 Å². The molecule has 102 valence electrons. The fourth-order valence-electron chi connectivity index (χ4n) is 1.61. The van der Waals surface area contributed by atoms with Gasteiger partial charge in [-0.15, -0.1) is 21.5 Å². The lowest BCUT2D eigenvalue weighted by atomic mass is 10.1. The van der Waals surface area contributed by atoms with Crippen molar-refractivity contribution < 1.29 is 0 Å². The third-order valence-electron chi connectivity index (χ3n) is 2.57. The van der Waals surface area contributed by atoms with Crippen molar-refractivity contribution >= 4 is 23.1 Å². The average molecular weight is 278 g/mol. The van der Waals surface area contributed by atoms with Crippen molar-refractivity contribution in [3.63, 3.8) is 0 Å². The van der Waals surface area contributed by atoms with Crippen LogP contribution in [0.25, 0.3) is 0 Å². The van der Waals surface area contributed by atoms with Crippen LogP contribution in [0.1, 0.15) is 35.5 Å². The van der Waals surface area contributed by atoms with Gasteiger partial charge in [0.25, 0.3) is 0 Å². The third-order valence-corrected chi connectivity index (χ3v) is 3.47. The predicted octanol–water partition coefficient (Wildman–Crippen LogP) is 2.00. The molecule has 0 fully saturated rings. The summed E-state index contributed by atoms with van der Waals surface area (Å²) in [5.74, 6) is 1.40. The van der Waals surface area contributed by atoms with Gasteiger partial charge in [0, 0.05) is 19.0 Å². The number of nitrogens with zero attached hydrogens (tertiary/aromatic N) is 4. The monoisotopic (exact) mass is 278 g/mol. The Morgan fingerprint density at radius 1 is 1.32 bits per heavy atom. The van der Waals surface area contributed by atoms with Gasteiger partial charge >= 0.3 is 0 Å². The van der Waals surface area contributed by atoms with Crippen molar-refractivity contribution in [2.24, 2.45) is 0 Å². The number of nitrogens with two attached hydrogens (primary N) is 1. The number of nitrogen functional groups attached to an aromatic ring is 1. The number of anilines is 2. The van der Waals surface area contributed by atoms with E-state index in [1.165, 1.54) is 0 Å². The molecule has 19 heavy (non-hydrogen) atoms. The Morgan fingerprint density at radius 3 is 2.74 bits per heavy atom. The van der Waals surface area contributed by atoms with Gasteiger partial charge in [-0.05, 0) is 12.8 Å². The lowest BCUT2D eigenvalue weighted by molar-refractivity contribution is 0.817. The Morgan fingerprint density at radius 2 is 2.11 bits per heavy atom. The molecule has 7 heteroatoms. The highest BCUT2D eigenvalue weighted by Gasteiger charge is 2.06. The summed E-state index contributed by atoms with van der Waals surface area (Å²) in [5.41, 5.74) is 6.65. The van der Waals surface area contributed by atoms with Crippen molar-refractivity contribution in [3.8, 4) is 0 Å². The SMILES string of the molecule is Cc1nnc(CCNc2cc(C(C)C)nc(N)n2)s1. The van der Waals surface area contributed by atoms with Crippen molar-refractivity contribution in [2.45, 2.75) is 33.1 Å². The van der Waals surface area contributed by atoms with Crippen LogP contribution in [0.5, 0.6) is 0 Å². The standard InChI is InChI=1S/C12H18N6S/c1-7(2)9-6-10(16-12(13)15-9)14-5-4-11-18-17-8(3)19-11/h6-7H,4-5H2,1-3H3,(H3,13,14,15,16). The van der Waals surface area contributed by atoms with Gasteiger partial charge in [-0.2, -0.15) is 4.98 Å². The molecule has 3 N–H and O–H groups in total. The zero-order valence-corrected chi connectivity index (χ0v) is 12.2. The van der Waals surface area contributed by atoms with Gasteiger partial charge in [-0.3, -0.25) is 0 Å². The summed E-state index contributed by atoms with van der Waals surface area (Å²) in [7, 11) is 0. The quantitative estimate of drug-likeness (QED) is 0.869. The van der Waals surface area contributed by atoms with Crippen LogP contribution in [-0.4, -0.2) is 26.7 Å². The second-order valence-corrected chi connectivity index (χ2v) is 5.85. The Balaban J connectivity index is 1.95. The third kappa shape index (κ3) is 3.85. The summed E-state index contributed by atoms with van der Waals surface area (Å²) in [5, 5.41) is 13.3. The maximum Gasteiger partial charge on any atom is 0.222 e. The van der Waals surface area contributed by atoms with Crippen molar-refractivity contribution in [2.75, 3.05) is 17.6 Å². The van der Waals surface area contributed by atoms with Crippen molar-refractivity contribution in [1.29, 1.82) is 0 Å². The van der Waals surface area contributed by atoms with Gasteiger partial charge < -0.3 is 11.1 Å². The Bertz CT molecular complexity index is 551. The van der Waals surface area contributed by atoms with Crippen LogP contribution >= 0.6 is 11.3 Å². The molecule has 0 radical (unpaired) electrons. The maximum absolute atomic E-state index is 5.70. The van der Waals surface area contributed by atoms with Gasteiger partial charge in [0.05, 0.1) is 5.69 Å². The van der Waals surface area contributed by atoms with Crippen molar-refractivity contribution in [3.05, 3.63) is 21.8 Å².